The summed E-state index contributed by atoms with van der Waals surface area (Å²) < 4.78 is 10.8. The van der Waals surface area contributed by atoms with Gasteiger partial charge < -0.3 is 14.6 Å². The van der Waals surface area contributed by atoms with Gasteiger partial charge in [0, 0.05) is 13.0 Å². The van der Waals surface area contributed by atoms with Gasteiger partial charge in [0.25, 0.3) is 0 Å². The largest absolute Gasteiger partial charge is 0.508 e. The maximum Gasteiger partial charge on any atom is 0.335 e. The van der Waals surface area contributed by atoms with Crippen LogP contribution in [0.5, 0.6) is 5.75 Å². The van der Waals surface area contributed by atoms with E-state index in [0.29, 0.717) is 19.6 Å². The molecular formula is C17H26O4. The van der Waals surface area contributed by atoms with Gasteiger partial charge in [-0.3, -0.25) is 0 Å². The van der Waals surface area contributed by atoms with Gasteiger partial charge in [-0.2, -0.15) is 0 Å². The number of carbonyl (C=O) groups is 1. The number of unbranched alkanes of at least 4 members (excludes halogenated alkanes) is 3. The zero-order chi connectivity index (χ0) is 15.5. The van der Waals surface area contributed by atoms with Crippen LogP contribution in [0, 0.1) is 0 Å². The lowest BCUT2D eigenvalue weighted by atomic mass is 10.1. The molecule has 0 saturated carbocycles. The molecule has 0 aliphatic rings. The van der Waals surface area contributed by atoms with E-state index >= 15 is 0 Å². The van der Waals surface area contributed by atoms with Gasteiger partial charge in [-0.15, -0.1) is 0 Å². The van der Waals surface area contributed by atoms with Gasteiger partial charge >= 0.3 is 5.97 Å². The zero-order valence-electron chi connectivity index (χ0n) is 13.0. The smallest absolute Gasteiger partial charge is 0.335 e. The molecule has 1 unspecified atom stereocenters. The average molecular weight is 294 g/mol. The first kappa shape index (κ1) is 17.5. The molecule has 0 saturated heterocycles. The third-order valence-corrected chi connectivity index (χ3v) is 3.22. The number of hydrogen-bond acceptors (Lipinski definition) is 4. The third-order valence-electron chi connectivity index (χ3n) is 3.22. The van der Waals surface area contributed by atoms with Crippen molar-refractivity contribution in [3.8, 4) is 5.75 Å². The Morgan fingerprint density at radius 2 is 1.86 bits per heavy atom. The Hall–Kier alpha value is -1.55. The number of benzene rings is 1. The van der Waals surface area contributed by atoms with Crippen molar-refractivity contribution in [1.29, 1.82) is 0 Å². The van der Waals surface area contributed by atoms with Crippen LogP contribution in [0.15, 0.2) is 24.3 Å². The van der Waals surface area contributed by atoms with Crippen LogP contribution in [0.3, 0.4) is 0 Å². The van der Waals surface area contributed by atoms with E-state index in [-0.39, 0.29) is 11.7 Å². The molecule has 1 aromatic rings. The standard InChI is InChI=1S/C17H26O4/c1-3-5-6-7-12-21-16(17(19)20-4-2)13-14-8-10-15(18)11-9-14/h8-11,16,18H,3-7,12-13H2,1-2H3. The number of hydrogen-bond donors (Lipinski definition) is 1. The number of ether oxygens (including phenoxy) is 2. The second-order valence-corrected chi connectivity index (χ2v) is 5.04. The summed E-state index contributed by atoms with van der Waals surface area (Å²) >= 11 is 0. The second-order valence-electron chi connectivity index (χ2n) is 5.04. The van der Waals surface area contributed by atoms with E-state index in [0.717, 1.165) is 18.4 Å². The Kier molecular flexibility index (Phi) is 8.51. The molecule has 21 heavy (non-hydrogen) atoms. The quantitative estimate of drug-likeness (QED) is 0.530. The maximum atomic E-state index is 11.9. The summed E-state index contributed by atoms with van der Waals surface area (Å²) in [6.07, 6.45) is 4.33. The third kappa shape index (κ3) is 7.14. The fourth-order valence-corrected chi connectivity index (χ4v) is 2.05. The van der Waals surface area contributed by atoms with Crippen molar-refractivity contribution in [2.45, 2.75) is 52.1 Å². The van der Waals surface area contributed by atoms with Gasteiger partial charge in [-0.25, -0.2) is 4.79 Å². The number of phenols is 1. The van der Waals surface area contributed by atoms with Gasteiger partial charge in [0.05, 0.1) is 6.61 Å². The average Bonchev–Trinajstić information content (AvgIpc) is 2.48. The predicted octanol–water partition coefficient (Wildman–Crippen LogP) is 3.46. The zero-order valence-corrected chi connectivity index (χ0v) is 13.0. The van der Waals surface area contributed by atoms with Crippen LogP contribution < -0.4 is 0 Å². The lowest BCUT2D eigenvalue weighted by Crippen LogP contribution is -2.29. The molecule has 0 bridgehead atoms. The SMILES string of the molecule is CCCCCCOC(Cc1ccc(O)cc1)C(=O)OCC. The van der Waals surface area contributed by atoms with Gasteiger partial charge in [0.15, 0.2) is 6.10 Å². The van der Waals surface area contributed by atoms with Crippen LogP contribution >= 0.6 is 0 Å². The maximum absolute atomic E-state index is 11.9. The van der Waals surface area contributed by atoms with Crippen molar-refractivity contribution in [3.63, 3.8) is 0 Å². The number of esters is 1. The molecule has 1 aromatic carbocycles. The Labute approximate surface area is 127 Å². The molecule has 0 spiro atoms. The number of phenolic OH excluding ortho intramolecular Hbond substituents is 1. The molecule has 1 atom stereocenters. The summed E-state index contributed by atoms with van der Waals surface area (Å²) in [5.74, 6) is -0.104. The van der Waals surface area contributed by atoms with Gasteiger partial charge in [-0.1, -0.05) is 38.3 Å². The molecule has 118 valence electrons. The Morgan fingerprint density at radius 3 is 2.48 bits per heavy atom. The Morgan fingerprint density at radius 1 is 1.14 bits per heavy atom. The van der Waals surface area contributed by atoms with Crippen molar-refractivity contribution in [2.75, 3.05) is 13.2 Å². The molecule has 0 heterocycles. The molecule has 4 nitrogen and oxygen atoms in total. The lowest BCUT2D eigenvalue weighted by molar-refractivity contribution is -0.156. The topological polar surface area (TPSA) is 55.8 Å². The van der Waals surface area contributed by atoms with Crippen molar-refractivity contribution >= 4 is 5.97 Å². The van der Waals surface area contributed by atoms with Crippen LogP contribution in [0.2, 0.25) is 0 Å². The highest BCUT2D eigenvalue weighted by Gasteiger charge is 2.20. The van der Waals surface area contributed by atoms with Crippen molar-refractivity contribution in [1.82, 2.24) is 0 Å². The highest BCUT2D eigenvalue weighted by atomic mass is 16.6. The molecule has 0 aliphatic heterocycles. The highest BCUT2D eigenvalue weighted by Crippen LogP contribution is 2.14. The summed E-state index contributed by atoms with van der Waals surface area (Å²) in [6, 6.07) is 6.81. The lowest BCUT2D eigenvalue weighted by Gasteiger charge is -2.16. The van der Waals surface area contributed by atoms with Crippen LogP contribution in [0.25, 0.3) is 0 Å². The minimum Gasteiger partial charge on any atom is -0.508 e. The first-order valence-corrected chi connectivity index (χ1v) is 7.73. The second kappa shape index (κ2) is 10.2. The highest BCUT2D eigenvalue weighted by molar-refractivity contribution is 5.75. The Bertz CT molecular complexity index is 400. The monoisotopic (exact) mass is 294 g/mol. The summed E-state index contributed by atoms with van der Waals surface area (Å²) in [4.78, 5) is 11.9. The minimum absolute atomic E-state index is 0.215. The summed E-state index contributed by atoms with van der Waals surface area (Å²) in [5, 5.41) is 9.29. The number of rotatable bonds is 10. The predicted molar refractivity (Wildman–Crippen MR) is 82.3 cm³/mol. The van der Waals surface area contributed by atoms with E-state index in [4.69, 9.17) is 9.47 Å². The van der Waals surface area contributed by atoms with E-state index in [2.05, 4.69) is 6.92 Å². The molecule has 0 radical (unpaired) electrons. The Balaban J connectivity index is 2.51. The normalized spacial score (nSPS) is 12.1. The molecule has 0 fully saturated rings. The van der Waals surface area contributed by atoms with Crippen LogP contribution in [-0.2, 0) is 20.7 Å². The minimum atomic E-state index is -0.573. The van der Waals surface area contributed by atoms with E-state index in [1.54, 1.807) is 31.2 Å². The molecule has 1 N–H and O–H groups in total. The molecular weight excluding hydrogens is 268 g/mol. The molecule has 4 heteroatoms. The van der Waals surface area contributed by atoms with Crippen molar-refractivity contribution in [2.24, 2.45) is 0 Å². The van der Waals surface area contributed by atoms with Gasteiger partial charge in [0.1, 0.15) is 5.75 Å². The van der Waals surface area contributed by atoms with E-state index in [9.17, 15) is 9.90 Å². The first-order chi connectivity index (χ1) is 10.2. The fourth-order valence-electron chi connectivity index (χ4n) is 2.05. The van der Waals surface area contributed by atoms with Gasteiger partial charge in [0.2, 0.25) is 0 Å². The molecule has 0 aliphatic carbocycles. The first-order valence-electron chi connectivity index (χ1n) is 7.73. The van der Waals surface area contributed by atoms with Crippen LogP contribution in [0.1, 0.15) is 45.1 Å². The summed E-state index contributed by atoms with van der Waals surface area (Å²) in [5.41, 5.74) is 0.944. The fraction of sp³-hybridized carbons (Fsp3) is 0.588. The van der Waals surface area contributed by atoms with Crippen molar-refractivity contribution in [3.05, 3.63) is 29.8 Å². The van der Waals surface area contributed by atoms with E-state index < -0.39 is 6.10 Å². The number of aromatic hydroxyl groups is 1. The molecule has 0 amide bonds. The summed E-state index contributed by atoms with van der Waals surface area (Å²) in [6.45, 7) is 4.87. The molecule has 0 aromatic heterocycles. The molecule has 1 rings (SSSR count). The van der Waals surface area contributed by atoms with E-state index in [1.165, 1.54) is 12.8 Å². The van der Waals surface area contributed by atoms with Crippen molar-refractivity contribution < 1.29 is 19.4 Å². The van der Waals surface area contributed by atoms with E-state index in [1.807, 2.05) is 0 Å². The number of carbonyl (C=O) groups excluding carboxylic acids is 1. The van der Waals surface area contributed by atoms with Gasteiger partial charge in [-0.05, 0) is 31.0 Å². The summed E-state index contributed by atoms with van der Waals surface area (Å²) in [7, 11) is 0. The van der Waals surface area contributed by atoms with Crippen LogP contribution in [0.4, 0.5) is 0 Å². The van der Waals surface area contributed by atoms with Crippen LogP contribution in [-0.4, -0.2) is 30.4 Å².